The van der Waals surface area contributed by atoms with Gasteiger partial charge in [0.05, 0.1) is 4.90 Å². The second kappa shape index (κ2) is 9.66. The van der Waals surface area contributed by atoms with Gasteiger partial charge in [-0.05, 0) is 43.9 Å². The van der Waals surface area contributed by atoms with Gasteiger partial charge in [0.1, 0.15) is 18.5 Å². The van der Waals surface area contributed by atoms with Crippen molar-refractivity contribution in [3.63, 3.8) is 0 Å². The lowest BCUT2D eigenvalue weighted by Gasteiger charge is -2.30. The first-order valence-corrected chi connectivity index (χ1v) is 11.9. The maximum atomic E-state index is 14.8. The molecule has 0 unspecified atom stereocenters. The van der Waals surface area contributed by atoms with Gasteiger partial charge >= 0.3 is 6.18 Å². The summed E-state index contributed by atoms with van der Waals surface area (Å²) in [7, 11) is -3.97. The van der Waals surface area contributed by atoms with Gasteiger partial charge in [-0.25, -0.2) is 22.5 Å². The molecule has 0 amide bonds. The van der Waals surface area contributed by atoms with E-state index in [1.165, 1.54) is 24.3 Å². The van der Waals surface area contributed by atoms with Gasteiger partial charge in [-0.3, -0.25) is 0 Å². The third-order valence-electron chi connectivity index (χ3n) is 5.51. The predicted octanol–water partition coefficient (Wildman–Crippen LogP) is 3.88. The molecule has 1 fully saturated rings. The van der Waals surface area contributed by atoms with Crippen molar-refractivity contribution in [1.29, 1.82) is 0 Å². The molecule has 0 spiro atoms. The number of hydrogen-bond donors (Lipinski definition) is 1. The minimum absolute atomic E-state index is 0.0548. The molecule has 0 saturated heterocycles. The molecule has 0 radical (unpaired) electrons. The average molecular weight is 499 g/mol. The van der Waals surface area contributed by atoms with E-state index in [1.54, 1.807) is 12.7 Å². The first-order chi connectivity index (χ1) is 16.1. The number of nitrogens with zero attached hydrogens (tertiary/aromatic N) is 4. The Morgan fingerprint density at radius 2 is 1.88 bits per heavy atom. The highest BCUT2D eigenvalue weighted by Crippen LogP contribution is 2.30. The smallest absolute Gasteiger partial charge is 0.422 e. The Labute approximate surface area is 193 Å². The standard InChI is InChI=1S/C21H21F4N5O3S/c22-19-9-17(5-6-18(19)14-4-7-20(26-10-14)33-11-21(23,24)25)34(31,32)29-15-2-1-3-16(8-15)30-12-27-28-13-30/h4-7,9-10,12-13,15-16,29H,1-3,8,11H2/t15-,16+/m0/s1. The molecule has 8 nitrogen and oxygen atoms in total. The highest BCUT2D eigenvalue weighted by molar-refractivity contribution is 7.89. The molecule has 0 aliphatic heterocycles. The average Bonchev–Trinajstić information content (AvgIpc) is 3.33. The Morgan fingerprint density at radius 3 is 2.53 bits per heavy atom. The Kier molecular flexibility index (Phi) is 6.84. The predicted molar refractivity (Wildman–Crippen MR) is 113 cm³/mol. The SMILES string of the molecule is O=S(=O)(N[C@H]1CCC[C@@H](n2cnnc2)C1)c1ccc(-c2ccc(OCC(F)(F)F)nc2)c(F)c1. The summed E-state index contributed by atoms with van der Waals surface area (Å²) < 4.78 is 86.3. The lowest BCUT2D eigenvalue weighted by molar-refractivity contribution is -0.154. The van der Waals surface area contributed by atoms with E-state index in [0.717, 1.165) is 25.1 Å². The highest BCUT2D eigenvalue weighted by atomic mass is 32.2. The summed E-state index contributed by atoms with van der Waals surface area (Å²) in [5.74, 6) is -1.07. The number of sulfonamides is 1. The van der Waals surface area contributed by atoms with Gasteiger partial charge < -0.3 is 9.30 Å². The van der Waals surface area contributed by atoms with E-state index in [9.17, 15) is 26.0 Å². The molecule has 13 heteroatoms. The van der Waals surface area contributed by atoms with Crippen LogP contribution >= 0.6 is 0 Å². The van der Waals surface area contributed by atoms with Gasteiger partial charge in [0.15, 0.2) is 6.61 Å². The molecule has 2 aromatic heterocycles. The van der Waals surface area contributed by atoms with Crippen LogP contribution in [0.4, 0.5) is 17.6 Å². The van der Waals surface area contributed by atoms with Crippen LogP contribution < -0.4 is 9.46 Å². The molecule has 34 heavy (non-hydrogen) atoms. The fourth-order valence-corrected chi connectivity index (χ4v) is 5.20. The van der Waals surface area contributed by atoms with Crippen LogP contribution in [0.5, 0.6) is 5.88 Å². The van der Waals surface area contributed by atoms with Crippen LogP contribution in [0.15, 0.2) is 54.1 Å². The van der Waals surface area contributed by atoms with Crippen LogP contribution in [0.2, 0.25) is 0 Å². The third-order valence-corrected chi connectivity index (χ3v) is 7.03. The van der Waals surface area contributed by atoms with Crippen LogP contribution in [0.3, 0.4) is 0 Å². The number of nitrogens with one attached hydrogen (secondary N) is 1. The lowest BCUT2D eigenvalue weighted by atomic mass is 9.91. The number of hydrogen-bond acceptors (Lipinski definition) is 6. The molecule has 1 saturated carbocycles. The summed E-state index contributed by atoms with van der Waals surface area (Å²) in [5, 5.41) is 7.57. The number of halogens is 4. The molecule has 1 aromatic carbocycles. The van der Waals surface area contributed by atoms with Gasteiger partial charge in [0.2, 0.25) is 15.9 Å². The summed E-state index contributed by atoms with van der Waals surface area (Å²) in [5.41, 5.74) is 0.317. The van der Waals surface area contributed by atoms with Crippen molar-refractivity contribution in [2.24, 2.45) is 0 Å². The van der Waals surface area contributed by atoms with Crippen molar-refractivity contribution in [2.45, 2.75) is 48.8 Å². The van der Waals surface area contributed by atoms with Crippen molar-refractivity contribution in [2.75, 3.05) is 6.61 Å². The summed E-state index contributed by atoms with van der Waals surface area (Å²) in [6.45, 7) is -1.49. The molecule has 1 N–H and O–H groups in total. The highest BCUT2D eigenvalue weighted by Gasteiger charge is 2.29. The Bertz CT molecular complexity index is 1220. The van der Waals surface area contributed by atoms with Crippen molar-refractivity contribution in [3.05, 3.63) is 55.0 Å². The molecule has 0 bridgehead atoms. The third kappa shape index (κ3) is 5.89. The summed E-state index contributed by atoms with van der Waals surface area (Å²) in [6, 6.07) is 5.76. The van der Waals surface area contributed by atoms with Crippen LogP contribution in [0.25, 0.3) is 11.1 Å². The van der Waals surface area contributed by atoms with Crippen LogP contribution in [-0.2, 0) is 10.0 Å². The fraction of sp³-hybridized carbons (Fsp3) is 0.381. The van der Waals surface area contributed by atoms with Crippen LogP contribution in [-0.4, -0.2) is 47.0 Å². The van der Waals surface area contributed by atoms with E-state index in [2.05, 4.69) is 24.6 Å². The molecule has 2 heterocycles. The van der Waals surface area contributed by atoms with Gasteiger partial charge in [-0.1, -0.05) is 6.07 Å². The van der Waals surface area contributed by atoms with Crippen molar-refractivity contribution in [3.8, 4) is 17.0 Å². The second-order valence-corrected chi connectivity index (χ2v) is 9.69. The number of ether oxygens (including phenoxy) is 1. The zero-order chi connectivity index (χ0) is 24.3. The zero-order valence-electron chi connectivity index (χ0n) is 17.7. The number of alkyl halides is 3. The Morgan fingerprint density at radius 1 is 1.12 bits per heavy atom. The first kappa shape index (κ1) is 24.1. The van der Waals surface area contributed by atoms with Crippen molar-refractivity contribution >= 4 is 10.0 Å². The summed E-state index contributed by atoms with van der Waals surface area (Å²) in [6.07, 6.45) is 2.77. The summed E-state index contributed by atoms with van der Waals surface area (Å²) >= 11 is 0. The van der Waals surface area contributed by atoms with Crippen molar-refractivity contribution in [1.82, 2.24) is 24.5 Å². The zero-order valence-corrected chi connectivity index (χ0v) is 18.6. The van der Waals surface area contributed by atoms with E-state index in [-0.39, 0.29) is 34.0 Å². The molecular weight excluding hydrogens is 478 g/mol. The van der Waals surface area contributed by atoms with Crippen LogP contribution in [0, 0.1) is 5.82 Å². The van der Waals surface area contributed by atoms with Gasteiger partial charge in [0.25, 0.3) is 0 Å². The van der Waals surface area contributed by atoms with Gasteiger partial charge in [-0.2, -0.15) is 13.2 Å². The normalized spacial score (nSPS) is 19.2. The largest absolute Gasteiger partial charge is 0.468 e. The maximum Gasteiger partial charge on any atom is 0.422 e. The molecule has 2 atom stereocenters. The second-order valence-electron chi connectivity index (χ2n) is 7.98. The van der Waals surface area contributed by atoms with Gasteiger partial charge in [0, 0.05) is 35.5 Å². The molecule has 4 rings (SSSR count). The quantitative estimate of drug-likeness (QED) is 0.496. The monoisotopic (exact) mass is 499 g/mol. The van der Waals surface area contributed by atoms with E-state index in [1.807, 2.05) is 4.57 Å². The van der Waals surface area contributed by atoms with E-state index in [0.29, 0.717) is 12.8 Å². The van der Waals surface area contributed by atoms with E-state index in [4.69, 9.17) is 0 Å². The molecule has 3 aromatic rings. The first-order valence-electron chi connectivity index (χ1n) is 10.4. The fourth-order valence-electron chi connectivity index (χ4n) is 3.90. The minimum atomic E-state index is -4.50. The van der Waals surface area contributed by atoms with E-state index < -0.39 is 28.6 Å². The Balaban J connectivity index is 1.44. The number of pyridine rings is 1. The molecule has 182 valence electrons. The molecule has 1 aliphatic carbocycles. The number of aromatic nitrogens is 4. The van der Waals surface area contributed by atoms with Gasteiger partial charge in [-0.15, -0.1) is 10.2 Å². The van der Waals surface area contributed by atoms with Crippen molar-refractivity contribution < 1.29 is 30.7 Å². The topological polar surface area (TPSA) is 99.0 Å². The number of rotatable bonds is 7. The minimum Gasteiger partial charge on any atom is -0.468 e. The number of benzene rings is 1. The molecular formula is C21H21F4N5O3S. The Hall–Kier alpha value is -3.06. The van der Waals surface area contributed by atoms with E-state index >= 15 is 0 Å². The van der Waals surface area contributed by atoms with Crippen LogP contribution in [0.1, 0.15) is 31.7 Å². The maximum absolute atomic E-state index is 14.8. The lowest BCUT2D eigenvalue weighted by Crippen LogP contribution is -2.38. The summed E-state index contributed by atoms with van der Waals surface area (Å²) in [4.78, 5) is 3.52. The molecule has 1 aliphatic rings.